The normalized spacial score (nSPS) is 16.9. The summed E-state index contributed by atoms with van der Waals surface area (Å²) in [7, 11) is 0. The molecule has 4 aromatic rings. The third-order valence-corrected chi connectivity index (χ3v) is 8.12. The Labute approximate surface area is 333 Å². The Balaban J connectivity index is 0.00000366. The zero-order valence-corrected chi connectivity index (χ0v) is 32.8. The lowest BCUT2D eigenvalue weighted by atomic mass is 10.1. The van der Waals surface area contributed by atoms with Crippen molar-refractivity contribution in [3.63, 3.8) is 0 Å². The Morgan fingerprint density at radius 2 is 1.48 bits per heavy atom. The highest BCUT2D eigenvalue weighted by molar-refractivity contribution is 6.05. The van der Waals surface area contributed by atoms with Gasteiger partial charge in [-0.1, -0.05) is 50.2 Å². The van der Waals surface area contributed by atoms with E-state index in [0.29, 0.717) is 28.3 Å². The number of alkyl halides is 2. The molecular weight excluding hydrogens is 760 g/mol. The van der Waals surface area contributed by atoms with Crippen LogP contribution in [0.5, 0.6) is 0 Å². The molecule has 17 nitrogen and oxygen atoms in total. The molecule has 4 amide bonds. The maximum Gasteiger partial charge on any atom is 0.412 e. The number of amides is 4. The number of nitrogens with zero attached hydrogens (tertiary/aromatic N) is 4. The summed E-state index contributed by atoms with van der Waals surface area (Å²) < 4.78 is 39.5. The summed E-state index contributed by atoms with van der Waals surface area (Å²) in [6.07, 6.45) is -2.70. The summed E-state index contributed by atoms with van der Waals surface area (Å²) in [6.45, 7) is 11.1. The SMILES string of the molecule is CC.CC1OC(n2ccc(NC(=O)CCC(=O)NCc3ccc(CNc4cnc(C(=O)Nc5ccccc5NC(=O)OC(C)(C)C)cn4)cc3)nc2=O)C(F)(F)C1O. The standard InChI is InChI=1S/C37H41F2N9O8.C2H6/c1-21-31(51)37(38,39)33(55-21)48-16-15-27(47-34(48)53)46-30(50)14-13-29(49)43-18-23-11-9-22(10-12-23)17-41-28-20-40-26(19-42-28)32(52)44-24-7-5-6-8-25(24)45-35(54)56-36(2,3)4;1-2/h5-12,15-16,19-21,31,33,51H,13-14,17-18H2,1-4H3,(H,41,42)(H,43,49)(H,44,52)(H,45,54)(H,46,47,50,53);1-2H3. The number of halogens is 2. The summed E-state index contributed by atoms with van der Waals surface area (Å²) >= 11 is 0. The van der Waals surface area contributed by atoms with Gasteiger partial charge in [-0.15, -0.1) is 0 Å². The number of aliphatic hydroxyl groups excluding tert-OH is 1. The molecule has 6 N–H and O–H groups in total. The average Bonchev–Trinajstić information content (AvgIpc) is 3.38. The van der Waals surface area contributed by atoms with E-state index < -0.39 is 59.5 Å². The molecule has 2 aromatic carbocycles. The number of carbonyl (C=O) groups excluding carboxylic acids is 4. The van der Waals surface area contributed by atoms with E-state index in [0.717, 1.165) is 23.4 Å². The molecule has 3 unspecified atom stereocenters. The van der Waals surface area contributed by atoms with Gasteiger partial charge in [0, 0.05) is 32.1 Å². The monoisotopic (exact) mass is 807 g/mol. The van der Waals surface area contributed by atoms with Gasteiger partial charge in [0.15, 0.2) is 0 Å². The van der Waals surface area contributed by atoms with Gasteiger partial charge in [0.25, 0.3) is 5.91 Å². The lowest BCUT2D eigenvalue weighted by molar-refractivity contribution is -0.140. The van der Waals surface area contributed by atoms with Crippen molar-refractivity contribution in [3.8, 4) is 0 Å². The Kier molecular flexibility index (Phi) is 15.1. The lowest BCUT2D eigenvalue weighted by Gasteiger charge is -2.21. The number of carbonyl (C=O) groups is 4. The van der Waals surface area contributed by atoms with E-state index in [4.69, 9.17) is 9.47 Å². The quantitative estimate of drug-likeness (QED) is 0.102. The summed E-state index contributed by atoms with van der Waals surface area (Å²) in [5.41, 5.74) is 0.640. The van der Waals surface area contributed by atoms with Gasteiger partial charge < -0.3 is 35.8 Å². The van der Waals surface area contributed by atoms with Crippen molar-refractivity contribution < 1.29 is 42.5 Å². The largest absolute Gasteiger partial charge is 0.444 e. The van der Waals surface area contributed by atoms with E-state index in [1.807, 2.05) is 38.1 Å². The Hall–Kier alpha value is -6.34. The van der Waals surface area contributed by atoms with Gasteiger partial charge in [0.05, 0.1) is 29.9 Å². The predicted octanol–water partition coefficient (Wildman–Crippen LogP) is 5.22. The molecule has 0 bridgehead atoms. The molecule has 310 valence electrons. The second kappa shape index (κ2) is 19.7. The molecule has 3 atom stereocenters. The second-order valence-corrected chi connectivity index (χ2v) is 13.7. The number of ether oxygens (including phenoxy) is 2. The number of anilines is 4. The fraction of sp³-hybridized carbons (Fsp3) is 0.385. The van der Waals surface area contributed by atoms with E-state index >= 15 is 0 Å². The maximum absolute atomic E-state index is 14.3. The second-order valence-electron chi connectivity index (χ2n) is 13.7. The fourth-order valence-corrected chi connectivity index (χ4v) is 5.27. The van der Waals surface area contributed by atoms with Crippen LogP contribution in [0.3, 0.4) is 0 Å². The summed E-state index contributed by atoms with van der Waals surface area (Å²) in [4.78, 5) is 74.2. The highest BCUT2D eigenvalue weighted by atomic mass is 19.3. The van der Waals surface area contributed by atoms with Gasteiger partial charge in [-0.25, -0.2) is 19.6 Å². The average molecular weight is 808 g/mol. The van der Waals surface area contributed by atoms with Gasteiger partial charge in [-0.05, 0) is 57.0 Å². The minimum atomic E-state index is -3.72. The lowest BCUT2D eigenvalue weighted by Crippen LogP contribution is -2.41. The Morgan fingerprint density at radius 1 is 0.862 bits per heavy atom. The Morgan fingerprint density at radius 3 is 2.05 bits per heavy atom. The molecule has 1 aliphatic rings. The van der Waals surface area contributed by atoms with Gasteiger partial charge in [-0.3, -0.25) is 24.3 Å². The van der Waals surface area contributed by atoms with Crippen molar-refractivity contribution in [1.29, 1.82) is 0 Å². The zero-order valence-electron chi connectivity index (χ0n) is 32.8. The first-order valence-corrected chi connectivity index (χ1v) is 18.4. The van der Waals surface area contributed by atoms with Crippen molar-refractivity contribution in [1.82, 2.24) is 24.8 Å². The summed E-state index contributed by atoms with van der Waals surface area (Å²) in [5.74, 6) is -5.05. The third-order valence-electron chi connectivity index (χ3n) is 8.12. The molecule has 58 heavy (non-hydrogen) atoms. The molecule has 5 rings (SSSR count). The number of aliphatic hydroxyl groups is 1. The third kappa shape index (κ3) is 12.3. The minimum Gasteiger partial charge on any atom is -0.444 e. The van der Waals surface area contributed by atoms with E-state index in [9.17, 15) is 37.9 Å². The van der Waals surface area contributed by atoms with Gasteiger partial charge >= 0.3 is 17.7 Å². The zero-order chi connectivity index (χ0) is 42.6. The molecule has 1 saturated heterocycles. The number of nitrogens with one attached hydrogen (secondary N) is 5. The van der Waals surface area contributed by atoms with Crippen molar-refractivity contribution in [2.45, 2.75) is 97.4 Å². The summed E-state index contributed by atoms with van der Waals surface area (Å²) in [5, 5.41) is 23.2. The van der Waals surface area contributed by atoms with E-state index in [1.165, 1.54) is 19.3 Å². The van der Waals surface area contributed by atoms with Gasteiger partial charge in [0.1, 0.15) is 29.0 Å². The van der Waals surface area contributed by atoms with Crippen molar-refractivity contribution in [2.75, 3.05) is 21.3 Å². The number of rotatable bonds is 13. The number of aromatic nitrogens is 4. The van der Waals surface area contributed by atoms with E-state index in [2.05, 4.69) is 41.5 Å². The highest BCUT2D eigenvalue weighted by Crippen LogP contribution is 2.42. The van der Waals surface area contributed by atoms with Crippen LogP contribution >= 0.6 is 0 Å². The fourth-order valence-electron chi connectivity index (χ4n) is 5.27. The number of benzene rings is 2. The van der Waals surface area contributed by atoms with Crippen LogP contribution < -0.4 is 32.3 Å². The van der Waals surface area contributed by atoms with Crippen molar-refractivity contribution in [2.24, 2.45) is 0 Å². The first kappa shape index (κ1) is 44.4. The number of hydrogen-bond acceptors (Lipinski definition) is 12. The smallest absolute Gasteiger partial charge is 0.412 e. The molecular formula is C39H47F2N9O8. The molecule has 1 fully saturated rings. The molecule has 3 heterocycles. The molecule has 2 aromatic heterocycles. The molecule has 0 aliphatic carbocycles. The van der Waals surface area contributed by atoms with Crippen LogP contribution in [0.1, 0.15) is 82.2 Å². The topological polar surface area (TPSA) is 228 Å². The molecule has 19 heteroatoms. The Bertz CT molecular complexity index is 2110. The number of para-hydroxylation sites is 2. The van der Waals surface area contributed by atoms with Crippen LogP contribution in [0.25, 0.3) is 0 Å². The predicted molar refractivity (Wildman–Crippen MR) is 210 cm³/mol. The minimum absolute atomic E-state index is 0.0537. The van der Waals surface area contributed by atoms with Crippen LogP contribution in [-0.4, -0.2) is 72.2 Å². The van der Waals surface area contributed by atoms with E-state index in [-0.39, 0.29) is 30.9 Å². The highest BCUT2D eigenvalue weighted by Gasteiger charge is 2.58. The van der Waals surface area contributed by atoms with Crippen LogP contribution in [0.15, 0.2) is 78.0 Å². The summed E-state index contributed by atoms with van der Waals surface area (Å²) in [6, 6.07) is 15.1. The van der Waals surface area contributed by atoms with Crippen molar-refractivity contribution in [3.05, 3.63) is 100 Å². The van der Waals surface area contributed by atoms with E-state index in [1.54, 1.807) is 45.0 Å². The van der Waals surface area contributed by atoms with Gasteiger partial charge in [-0.2, -0.15) is 13.8 Å². The maximum atomic E-state index is 14.3. The molecule has 0 radical (unpaired) electrons. The van der Waals surface area contributed by atoms with Crippen molar-refractivity contribution >= 4 is 46.8 Å². The first-order chi connectivity index (χ1) is 27.5. The number of hydrogen-bond donors (Lipinski definition) is 6. The van der Waals surface area contributed by atoms with Crippen LogP contribution in [-0.2, 0) is 32.2 Å². The van der Waals surface area contributed by atoms with Crippen LogP contribution in [0.2, 0.25) is 0 Å². The first-order valence-electron chi connectivity index (χ1n) is 18.4. The molecule has 0 spiro atoms. The molecule has 0 saturated carbocycles. The van der Waals surface area contributed by atoms with Gasteiger partial charge in [0.2, 0.25) is 18.0 Å². The molecule has 1 aliphatic heterocycles. The van der Waals surface area contributed by atoms with Crippen LogP contribution in [0.4, 0.5) is 36.6 Å². The van der Waals surface area contributed by atoms with Crippen LogP contribution in [0, 0.1) is 0 Å².